The Morgan fingerprint density at radius 2 is 1.73 bits per heavy atom. The third-order valence-corrected chi connectivity index (χ3v) is 2.62. The highest BCUT2D eigenvalue weighted by molar-refractivity contribution is 5.82. The van der Waals surface area contributed by atoms with E-state index in [1.54, 1.807) is 13.8 Å². The van der Waals surface area contributed by atoms with E-state index >= 15 is 0 Å². The molecule has 1 N–H and O–H groups in total. The second-order valence-electron chi connectivity index (χ2n) is 4.01. The minimum atomic E-state index is -0.959. The van der Waals surface area contributed by atoms with Gasteiger partial charge in [0.05, 0.1) is 17.9 Å². The highest BCUT2D eigenvalue weighted by Gasteiger charge is 2.39. The van der Waals surface area contributed by atoms with E-state index in [0.29, 0.717) is 12.8 Å². The van der Waals surface area contributed by atoms with Crippen LogP contribution in [0.15, 0.2) is 0 Å². The minimum Gasteiger partial charge on any atom is -0.481 e. The maximum Gasteiger partial charge on any atom is 0.312 e. The molecule has 88 valence electrons. The van der Waals surface area contributed by atoms with Gasteiger partial charge in [-0.15, -0.1) is 0 Å². The van der Waals surface area contributed by atoms with Gasteiger partial charge in [-0.3, -0.25) is 9.59 Å². The smallest absolute Gasteiger partial charge is 0.312 e. The number of hydrogen-bond donors (Lipinski definition) is 1. The van der Waals surface area contributed by atoms with Gasteiger partial charge in [-0.1, -0.05) is 13.8 Å². The van der Waals surface area contributed by atoms with Gasteiger partial charge in [0, 0.05) is 0 Å². The third kappa shape index (κ3) is 3.90. The largest absolute Gasteiger partial charge is 0.481 e. The Morgan fingerprint density at radius 1 is 1.27 bits per heavy atom. The first-order chi connectivity index (χ1) is 6.88. The Bertz CT molecular complexity index is 229. The van der Waals surface area contributed by atoms with Crippen LogP contribution in [-0.4, -0.2) is 23.1 Å². The van der Waals surface area contributed by atoms with E-state index in [0.717, 1.165) is 0 Å². The van der Waals surface area contributed by atoms with Crippen molar-refractivity contribution >= 4 is 11.9 Å². The van der Waals surface area contributed by atoms with E-state index in [1.807, 2.05) is 13.8 Å². The van der Waals surface area contributed by atoms with E-state index < -0.39 is 17.4 Å². The molecule has 0 aliphatic rings. The van der Waals surface area contributed by atoms with Crippen molar-refractivity contribution in [3.8, 4) is 0 Å². The molecule has 0 amide bonds. The molecule has 4 nitrogen and oxygen atoms in total. The summed E-state index contributed by atoms with van der Waals surface area (Å²) in [7, 11) is 0. The van der Waals surface area contributed by atoms with Crippen molar-refractivity contribution < 1.29 is 19.4 Å². The Morgan fingerprint density at radius 3 is 2.00 bits per heavy atom. The van der Waals surface area contributed by atoms with E-state index in [9.17, 15) is 9.59 Å². The summed E-state index contributed by atoms with van der Waals surface area (Å²) < 4.78 is 5.10. The molecule has 4 heteroatoms. The summed E-state index contributed by atoms with van der Waals surface area (Å²) in [5, 5.41) is 8.79. The first-order valence-electron chi connectivity index (χ1n) is 5.30. The molecule has 0 heterocycles. The minimum absolute atomic E-state index is 0.161. The lowest BCUT2D eigenvalue weighted by Gasteiger charge is -2.28. The van der Waals surface area contributed by atoms with Crippen LogP contribution in [0.2, 0.25) is 0 Å². The second kappa shape index (κ2) is 5.73. The molecular weight excluding hydrogens is 196 g/mol. The molecular formula is C11H20O4. The fraction of sp³-hybridized carbons (Fsp3) is 0.818. The predicted molar refractivity (Wildman–Crippen MR) is 56.5 cm³/mol. The zero-order chi connectivity index (χ0) is 12.1. The van der Waals surface area contributed by atoms with E-state index in [-0.39, 0.29) is 12.5 Å². The molecule has 0 aliphatic carbocycles. The van der Waals surface area contributed by atoms with E-state index in [4.69, 9.17) is 9.84 Å². The highest BCUT2D eigenvalue weighted by atomic mass is 16.5. The topological polar surface area (TPSA) is 63.6 Å². The normalized spacial score (nSPS) is 11.5. The number of esters is 1. The summed E-state index contributed by atoms with van der Waals surface area (Å²) >= 11 is 0. The van der Waals surface area contributed by atoms with Crippen molar-refractivity contribution in [3.63, 3.8) is 0 Å². The van der Waals surface area contributed by atoms with Crippen LogP contribution < -0.4 is 0 Å². The third-order valence-electron chi connectivity index (χ3n) is 2.62. The van der Waals surface area contributed by atoms with Gasteiger partial charge < -0.3 is 9.84 Å². The molecule has 0 aromatic carbocycles. The molecule has 0 radical (unpaired) electrons. The zero-order valence-corrected chi connectivity index (χ0v) is 9.87. The number of hydrogen-bond acceptors (Lipinski definition) is 3. The summed E-state index contributed by atoms with van der Waals surface area (Å²) in [5.41, 5.74) is -0.865. The van der Waals surface area contributed by atoms with Gasteiger partial charge in [-0.25, -0.2) is 0 Å². The van der Waals surface area contributed by atoms with Gasteiger partial charge in [0.1, 0.15) is 0 Å². The van der Waals surface area contributed by atoms with Crippen molar-refractivity contribution in [2.24, 2.45) is 5.41 Å². The Balaban J connectivity index is 4.75. The summed E-state index contributed by atoms with van der Waals surface area (Å²) in [4.78, 5) is 22.5. The molecule has 0 aromatic rings. The molecule has 0 fully saturated rings. The number of carboxylic acid groups (broad SMARTS) is 1. The van der Waals surface area contributed by atoms with E-state index in [2.05, 4.69) is 0 Å². The molecule has 0 aliphatic heterocycles. The van der Waals surface area contributed by atoms with Gasteiger partial charge in [-0.05, 0) is 26.7 Å². The van der Waals surface area contributed by atoms with Crippen LogP contribution in [0.5, 0.6) is 0 Å². The average molecular weight is 216 g/mol. The number of carboxylic acids is 1. The summed E-state index contributed by atoms with van der Waals surface area (Å²) in [6.07, 6.45) is 0.609. The van der Waals surface area contributed by atoms with E-state index in [1.165, 1.54) is 0 Å². The number of rotatable bonds is 6. The molecule has 0 saturated heterocycles. The quantitative estimate of drug-likeness (QED) is 0.691. The molecule has 0 spiro atoms. The zero-order valence-electron chi connectivity index (χ0n) is 9.87. The molecule has 0 bridgehead atoms. The molecule has 0 unspecified atom stereocenters. The Hall–Kier alpha value is -1.06. The second-order valence-corrected chi connectivity index (χ2v) is 4.01. The Labute approximate surface area is 90.6 Å². The van der Waals surface area contributed by atoms with Gasteiger partial charge in [-0.2, -0.15) is 0 Å². The summed E-state index contributed by atoms with van der Waals surface area (Å²) in [5.74, 6) is -1.36. The van der Waals surface area contributed by atoms with Crippen LogP contribution in [0, 0.1) is 5.41 Å². The van der Waals surface area contributed by atoms with Crippen molar-refractivity contribution in [2.75, 3.05) is 0 Å². The fourth-order valence-electron chi connectivity index (χ4n) is 1.49. The van der Waals surface area contributed by atoms with Gasteiger partial charge >= 0.3 is 11.9 Å². The van der Waals surface area contributed by atoms with Crippen LogP contribution in [0.3, 0.4) is 0 Å². The SMILES string of the molecule is CCC(CC)(CC(=O)O)C(=O)OC(C)C. The summed E-state index contributed by atoms with van der Waals surface area (Å²) in [6, 6.07) is 0. The van der Waals surface area contributed by atoms with Crippen molar-refractivity contribution in [1.82, 2.24) is 0 Å². The van der Waals surface area contributed by atoms with Crippen LogP contribution in [0.25, 0.3) is 0 Å². The lowest BCUT2D eigenvalue weighted by molar-refractivity contribution is -0.165. The van der Waals surface area contributed by atoms with Crippen LogP contribution in [0.4, 0.5) is 0 Å². The number of ether oxygens (including phenoxy) is 1. The molecule has 15 heavy (non-hydrogen) atoms. The van der Waals surface area contributed by atoms with Crippen LogP contribution >= 0.6 is 0 Å². The first-order valence-corrected chi connectivity index (χ1v) is 5.30. The molecule has 0 aromatic heterocycles. The van der Waals surface area contributed by atoms with Gasteiger partial charge in [0.2, 0.25) is 0 Å². The number of carbonyl (C=O) groups excluding carboxylic acids is 1. The lowest BCUT2D eigenvalue weighted by Crippen LogP contribution is -2.35. The van der Waals surface area contributed by atoms with Crippen molar-refractivity contribution in [1.29, 1.82) is 0 Å². The van der Waals surface area contributed by atoms with Gasteiger partial charge in [0.25, 0.3) is 0 Å². The number of carbonyl (C=O) groups is 2. The molecule has 0 saturated carbocycles. The Kier molecular flexibility index (Phi) is 5.33. The average Bonchev–Trinajstić information content (AvgIpc) is 2.12. The van der Waals surface area contributed by atoms with Gasteiger partial charge in [0.15, 0.2) is 0 Å². The summed E-state index contributed by atoms with van der Waals surface area (Å²) in [6.45, 7) is 7.14. The first kappa shape index (κ1) is 13.9. The number of aliphatic carboxylic acids is 1. The maximum absolute atomic E-state index is 11.8. The van der Waals surface area contributed by atoms with Crippen molar-refractivity contribution in [2.45, 2.75) is 53.1 Å². The lowest BCUT2D eigenvalue weighted by atomic mass is 9.79. The maximum atomic E-state index is 11.8. The standard InChI is InChI=1S/C11H20O4/c1-5-11(6-2,7-9(12)13)10(14)15-8(3)4/h8H,5-7H2,1-4H3,(H,12,13). The fourth-order valence-corrected chi connectivity index (χ4v) is 1.49. The monoisotopic (exact) mass is 216 g/mol. The highest BCUT2D eigenvalue weighted by Crippen LogP contribution is 2.32. The van der Waals surface area contributed by atoms with Crippen LogP contribution in [0.1, 0.15) is 47.0 Å². The van der Waals surface area contributed by atoms with Crippen molar-refractivity contribution in [3.05, 3.63) is 0 Å². The van der Waals surface area contributed by atoms with Crippen LogP contribution in [-0.2, 0) is 14.3 Å². The molecule has 0 rings (SSSR count). The predicted octanol–water partition coefficient (Wildman–Crippen LogP) is 2.22. The molecule has 0 atom stereocenters.